The largest absolute Gasteiger partial charge is 0.472 e. The Hall–Kier alpha value is -5.06. The fourth-order valence-corrected chi connectivity index (χ4v) is 12.5. The first-order valence-corrected chi connectivity index (χ1v) is 45.1. The van der Waals surface area contributed by atoms with E-state index < -0.39 is 97.5 Å². The molecule has 618 valence electrons. The molecule has 0 fully saturated rings. The molecule has 0 aliphatic rings. The molecule has 5 unspecified atom stereocenters. The first-order valence-electron chi connectivity index (χ1n) is 42.1. The van der Waals surface area contributed by atoms with E-state index in [4.69, 9.17) is 37.0 Å². The number of unbranched alkanes of at least 4 members (excludes halogenated alkanes) is 28. The number of phosphoric ester groups is 2. The standard InChI is InChI=1S/C89H150O17P2/c1-5-9-13-17-21-25-29-33-36-39-41-44-46-50-53-57-61-65-69-73-86(91)99-79-84(105-88(93)75-71-67-63-59-55-49-32-28-24-20-16-12-8-4)81-103-107(95,96)101-77-83(90)78-102-108(97,98)104-82-85(106-89(94)76-72-68-64-60-56-52-48-43-38-35-31-27-23-19-15-11-7-3)80-100-87(92)74-70-66-62-58-54-51-47-45-42-40-37-34-30-26-22-18-14-10-6-2/h9,11,13,15,21-23,25-27,33-38,41-42,44-45,48,52,60,64,83-85,90H,5-8,10,12,14,16-20,24,28-32,39-40,43,46-47,49-51,53-59,61-63,65-82H2,1-4H3,(H,95,96)(H,97,98)/b13-9-,15-11-,25-21-,26-22-,27-23-,36-33-,37-34-,38-35-,44-41-,45-42-,52-48-,64-60-. The van der Waals surface area contributed by atoms with Crippen LogP contribution in [0.5, 0.6) is 0 Å². The highest BCUT2D eigenvalue weighted by molar-refractivity contribution is 7.47. The van der Waals surface area contributed by atoms with Crippen molar-refractivity contribution in [2.24, 2.45) is 0 Å². The molecule has 108 heavy (non-hydrogen) atoms. The average Bonchev–Trinajstić information content (AvgIpc) is 0.905. The minimum absolute atomic E-state index is 0.0102. The molecule has 5 atom stereocenters. The lowest BCUT2D eigenvalue weighted by Gasteiger charge is -2.21. The van der Waals surface area contributed by atoms with Gasteiger partial charge in [0.15, 0.2) is 12.2 Å². The van der Waals surface area contributed by atoms with Gasteiger partial charge < -0.3 is 33.8 Å². The number of aliphatic hydroxyl groups excluding tert-OH is 1. The highest BCUT2D eigenvalue weighted by atomic mass is 31.2. The maximum absolute atomic E-state index is 13.1. The lowest BCUT2D eigenvalue weighted by atomic mass is 10.0. The fraction of sp³-hybridized carbons (Fsp3) is 0.685. The van der Waals surface area contributed by atoms with E-state index in [1.807, 2.05) is 12.2 Å². The first-order chi connectivity index (χ1) is 52.7. The number of carbonyl (C=O) groups is 4. The molecule has 0 amide bonds. The zero-order chi connectivity index (χ0) is 78.9. The van der Waals surface area contributed by atoms with Gasteiger partial charge in [0.1, 0.15) is 19.3 Å². The molecule has 19 heteroatoms. The molecule has 0 saturated carbocycles. The van der Waals surface area contributed by atoms with E-state index in [0.29, 0.717) is 32.1 Å². The van der Waals surface area contributed by atoms with E-state index in [-0.39, 0.29) is 25.7 Å². The minimum Gasteiger partial charge on any atom is -0.462 e. The maximum atomic E-state index is 13.1. The Bertz CT molecular complexity index is 2610. The number of hydrogen-bond acceptors (Lipinski definition) is 15. The SMILES string of the molecule is CC/C=C\C/C=C\C/C=C\C/C=C\C/C=C\CCCC(=O)OC(COC(=O)CCCCCCCC/C=C\C/C=C\C/C=C\CCCCC)COP(=O)(O)OCC(O)COP(=O)(O)OCC(COC(=O)CCCCCCCC/C=C\C/C=C\C/C=C\C/C=C\CC)OC(=O)CCCCCCCCCCCCCCC. The second kappa shape index (κ2) is 80.0. The predicted molar refractivity (Wildman–Crippen MR) is 445 cm³/mol. The number of ether oxygens (including phenoxy) is 4. The third-order valence-corrected chi connectivity index (χ3v) is 19.2. The van der Waals surface area contributed by atoms with Crippen LogP contribution in [0.2, 0.25) is 0 Å². The van der Waals surface area contributed by atoms with Crippen molar-refractivity contribution in [3.63, 3.8) is 0 Å². The van der Waals surface area contributed by atoms with Crippen LogP contribution in [0.3, 0.4) is 0 Å². The molecule has 0 saturated heterocycles. The monoisotopic (exact) mass is 1550 g/mol. The van der Waals surface area contributed by atoms with Crippen molar-refractivity contribution < 1.29 is 80.2 Å². The zero-order valence-corrected chi connectivity index (χ0v) is 69.5. The van der Waals surface area contributed by atoms with E-state index in [1.165, 1.54) is 70.6 Å². The van der Waals surface area contributed by atoms with Gasteiger partial charge in [-0.05, 0) is 141 Å². The number of carbonyl (C=O) groups excluding carboxylic acids is 4. The first kappa shape index (κ1) is 103. The predicted octanol–water partition coefficient (Wildman–Crippen LogP) is 25.0. The summed E-state index contributed by atoms with van der Waals surface area (Å²) in [7, 11) is -9.99. The van der Waals surface area contributed by atoms with Crippen molar-refractivity contribution >= 4 is 39.5 Å². The van der Waals surface area contributed by atoms with Gasteiger partial charge in [0.25, 0.3) is 0 Å². The van der Waals surface area contributed by atoms with E-state index in [1.54, 1.807) is 0 Å². The van der Waals surface area contributed by atoms with Crippen LogP contribution < -0.4 is 0 Å². The molecule has 3 N–H and O–H groups in total. The molecule has 0 radical (unpaired) electrons. The lowest BCUT2D eigenvalue weighted by molar-refractivity contribution is -0.161. The van der Waals surface area contributed by atoms with E-state index in [0.717, 1.165) is 180 Å². The summed E-state index contributed by atoms with van der Waals surface area (Å²) in [6, 6.07) is 0. The highest BCUT2D eigenvalue weighted by Gasteiger charge is 2.30. The molecule has 0 aromatic rings. The summed E-state index contributed by atoms with van der Waals surface area (Å²) in [5.41, 5.74) is 0. The quantitative estimate of drug-likeness (QED) is 0.0169. The van der Waals surface area contributed by atoms with Gasteiger partial charge in [0.2, 0.25) is 0 Å². The van der Waals surface area contributed by atoms with Crippen molar-refractivity contribution in [2.45, 2.75) is 354 Å². The second-order valence-corrected chi connectivity index (χ2v) is 30.6. The van der Waals surface area contributed by atoms with Crippen LogP contribution in [0.15, 0.2) is 146 Å². The summed E-state index contributed by atoms with van der Waals surface area (Å²) in [6.07, 6.45) is 92.4. The third kappa shape index (κ3) is 79.0. The molecule has 0 rings (SSSR count). The normalized spacial score (nSPS) is 14.5. The van der Waals surface area contributed by atoms with E-state index >= 15 is 0 Å². The summed E-state index contributed by atoms with van der Waals surface area (Å²) in [6.45, 7) is 4.56. The van der Waals surface area contributed by atoms with Crippen LogP contribution in [0.1, 0.15) is 336 Å². The van der Waals surface area contributed by atoms with Crippen molar-refractivity contribution in [3.8, 4) is 0 Å². The second-order valence-electron chi connectivity index (χ2n) is 27.7. The third-order valence-electron chi connectivity index (χ3n) is 17.3. The Kier molecular flexibility index (Phi) is 76.3. The molecule has 0 spiro atoms. The number of esters is 4. The molecular weight excluding hydrogens is 1400 g/mol. The van der Waals surface area contributed by atoms with Gasteiger partial charge in [0, 0.05) is 25.7 Å². The van der Waals surface area contributed by atoms with Gasteiger partial charge in [-0.2, -0.15) is 0 Å². The number of allylic oxidation sites excluding steroid dienone is 24. The van der Waals surface area contributed by atoms with Crippen LogP contribution in [-0.2, 0) is 65.4 Å². The van der Waals surface area contributed by atoms with Crippen LogP contribution in [-0.4, -0.2) is 96.7 Å². The lowest BCUT2D eigenvalue weighted by Crippen LogP contribution is -2.30. The van der Waals surface area contributed by atoms with Crippen LogP contribution in [0, 0.1) is 0 Å². The fourth-order valence-electron chi connectivity index (χ4n) is 11.0. The van der Waals surface area contributed by atoms with Crippen molar-refractivity contribution in [3.05, 3.63) is 146 Å². The number of rotatable bonds is 78. The average molecular weight is 1550 g/mol. The van der Waals surface area contributed by atoms with E-state index in [9.17, 15) is 43.2 Å². The van der Waals surface area contributed by atoms with Crippen LogP contribution >= 0.6 is 15.6 Å². The Morgan fingerprint density at radius 1 is 0.269 bits per heavy atom. The summed E-state index contributed by atoms with van der Waals surface area (Å²) in [4.78, 5) is 73.2. The summed E-state index contributed by atoms with van der Waals surface area (Å²) >= 11 is 0. The van der Waals surface area contributed by atoms with Gasteiger partial charge >= 0.3 is 39.5 Å². The molecule has 0 aliphatic carbocycles. The molecule has 0 aromatic heterocycles. The topological polar surface area (TPSA) is 237 Å². The van der Waals surface area contributed by atoms with E-state index in [2.05, 4.69) is 161 Å². The highest BCUT2D eigenvalue weighted by Crippen LogP contribution is 2.45. The molecular formula is C89H150O17P2. The summed E-state index contributed by atoms with van der Waals surface area (Å²) < 4.78 is 68.7. The zero-order valence-electron chi connectivity index (χ0n) is 67.7. The van der Waals surface area contributed by atoms with Gasteiger partial charge in [-0.1, -0.05) is 315 Å². The van der Waals surface area contributed by atoms with Gasteiger partial charge in [-0.3, -0.25) is 37.3 Å². The Morgan fingerprint density at radius 2 is 0.491 bits per heavy atom. The van der Waals surface area contributed by atoms with Gasteiger partial charge in [-0.25, -0.2) is 9.13 Å². The van der Waals surface area contributed by atoms with Crippen molar-refractivity contribution in [1.82, 2.24) is 0 Å². The van der Waals surface area contributed by atoms with Gasteiger partial charge in [-0.15, -0.1) is 0 Å². The summed E-state index contributed by atoms with van der Waals surface area (Å²) in [5, 5.41) is 10.7. The van der Waals surface area contributed by atoms with Crippen molar-refractivity contribution in [1.29, 1.82) is 0 Å². The Balaban J connectivity index is 5.42. The smallest absolute Gasteiger partial charge is 0.462 e. The molecule has 17 nitrogen and oxygen atoms in total. The summed E-state index contributed by atoms with van der Waals surface area (Å²) in [5.74, 6) is -2.26. The number of hydrogen-bond donors (Lipinski definition) is 3. The minimum atomic E-state index is -5.00. The van der Waals surface area contributed by atoms with Crippen molar-refractivity contribution in [2.75, 3.05) is 39.6 Å². The Morgan fingerprint density at radius 3 is 0.796 bits per heavy atom. The maximum Gasteiger partial charge on any atom is 0.472 e. The number of aliphatic hydroxyl groups is 1. The molecule has 0 bridgehead atoms. The number of phosphoric acid groups is 2. The Labute approximate surface area is 656 Å². The molecule has 0 heterocycles. The molecule has 0 aliphatic heterocycles. The van der Waals surface area contributed by atoms with Crippen LogP contribution in [0.25, 0.3) is 0 Å². The van der Waals surface area contributed by atoms with Crippen LogP contribution in [0.4, 0.5) is 0 Å². The van der Waals surface area contributed by atoms with Gasteiger partial charge in [0.05, 0.1) is 26.4 Å². The molecule has 0 aromatic carbocycles.